The van der Waals surface area contributed by atoms with Crippen LogP contribution in [0, 0.1) is 28.6 Å². The van der Waals surface area contributed by atoms with Gasteiger partial charge in [-0.2, -0.15) is 0 Å². The van der Waals surface area contributed by atoms with Crippen molar-refractivity contribution in [1.82, 2.24) is 0 Å². The van der Waals surface area contributed by atoms with Gasteiger partial charge in [0.2, 0.25) is 0 Å². The Morgan fingerprint density at radius 3 is 2.73 bits per heavy atom. The van der Waals surface area contributed by atoms with Crippen LogP contribution >= 0.6 is 0 Å². The van der Waals surface area contributed by atoms with Gasteiger partial charge in [-0.15, -0.1) is 0 Å². The van der Waals surface area contributed by atoms with Crippen molar-refractivity contribution in [2.24, 2.45) is 28.6 Å². The van der Waals surface area contributed by atoms with Crippen LogP contribution in [0.4, 0.5) is 0 Å². The summed E-state index contributed by atoms with van der Waals surface area (Å²) in [5.74, 6) is 0.936. The Balaban J connectivity index is 1.39. The van der Waals surface area contributed by atoms with Crippen molar-refractivity contribution < 1.29 is 24.1 Å². The number of aliphatic hydroxyl groups excluding tert-OH is 1. The van der Waals surface area contributed by atoms with E-state index in [2.05, 4.69) is 20.8 Å². The highest BCUT2D eigenvalue weighted by Crippen LogP contribution is 2.89. The average Bonchev–Trinajstić information content (AvgIpc) is 3.42. The lowest BCUT2D eigenvalue weighted by molar-refractivity contribution is -0.378. The number of fused-ring (bicyclic) bond motifs is 2. The van der Waals surface area contributed by atoms with E-state index in [1.165, 1.54) is 5.57 Å². The third-order valence-electron chi connectivity index (χ3n) is 9.83. The van der Waals surface area contributed by atoms with E-state index in [1.807, 2.05) is 0 Å². The number of hydrogen-bond acceptors (Lipinski definition) is 5. The molecule has 8 aliphatic rings. The minimum Gasteiger partial charge on any atom is -0.458 e. The van der Waals surface area contributed by atoms with Gasteiger partial charge >= 0.3 is 5.97 Å². The number of ether oxygens (including phenoxy) is 3. The van der Waals surface area contributed by atoms with Crippen molar-refractivity contribution in [3.8, 4) is 0 Å². The molecule has 2 spiro atoms. The average molecular weight is 358 g/mol. The molecule has 6 fully saturated rings. The van der Waals surface area contributed by atoms with Gasteiger partial charge in [-0.25, -0.2) is 4.79 Å². The molecule has 4 aliphatic heterocycles. The van der Waals surface area contributed by atoms with Crippen LogP contribution in [0.5, 0.6) is 0 Å². The maximum atomic E-state index is 12.1. The molecular weight excluding hydrogens is 332 g/mol. The fraction of sp³-hybridized carbons (Fsp3) is 0.857. The summed E-state index contributed by atoms with van der Waals surface area (Å²) in [5, 5.41) is 11.5. The van der Waals surface area contributed by atoms with Gasteiger partial charge in [-0.1, -0.05) is 20.8 Å². The van der Waals surface area contributed by atoms with Crippen LogP contribution in [0.2, 0.25) is 0 Å². The predicted octanol–water partition coefficient (Wildman–Crippen LogP) is 1.97. The first kappa shape index (κ1) is 15.1. The van der Waals surface area contributed by atoms with Gasteiger partial charge in [0.05, 0.1) is 12.2 Å². The lowest BCUT2D eigenvalue weighted by atomic mass is 9.41. The number of cyclic esters (lactones) is 1. The lowest BCUT2D eigenvalue weighted by Crippen LogP contribution is -2.80. The van der Waals surface area contributed by atoms with E-state index in [-0.39, 0.29) is 34.9 Å². The van der Waals surface area contributed by atoms with Crippen molar-refractivity contribution >= 4 is 5.97 Å². The van der Waals surface area contributed by atoms with E-state index >= 15 is 0 Å². The molecule has 9 atom stereocenters. The third-order valence-corrected chi connectivity index (χ3v) is 9.83. The zero-order chi connectivity index (χ0) is 17.9. The quantitative estimate of drug-likeness (QED) is 0.573. The standard InChI is InChI=1S/C21H26O5/c1-9(2)21-15(26-21)12-6-19(12)18(3)5-4-10-11(8-24-16(10)22)14(18)13-7-20(19,25-13)17(21)23/h9,12-15,17,23H,4-8H2,1-3H3/t12-,13?,14+,15-,17-,18-,19-,20+,21-/m0/s1. The molecule has 0 aromatic carbocycles. The molecule has 26 heavy (non-hydrogen) atoms. The van der Waals surface area contributed by atoms with E-state index in [1.54, 1.807) is 0 Å². The molecule has 5 nitrogen and oxygen atoms in total. The molecular formula is C21H26O5. The molecule has 8 rings (SSSR count). The first-order chi connectivity index (χ1) is 12.3. The summed E-state index contributed by atoms with van der Waals surface area (Å²) in [4.78, 5) is 12.1. The van der Waals surface area contributed by atoms with Crippen LogP contribution < -0.4 is 0 Å². The minimum absolute atomic E-state index is 0.00254. The summed E-state index contributed by atoms with van der Waals surface area (Å²) in [6.45, 7) is 7.18. The Hall–Kier alpha value is -0.910. The Morgan fingerprint density at radius 1 is 1.23 bits per heavy atom. The van der Waals surface area contributed by atoms with Crippen molar-refractivity contribution in [3.63, 3.8) is 0 Å². The number of carbonyl (C=O) groups is 1. The highest BCUT2D eigenvalue weighted by molar-refractivity contribution is 5.92. The number of esters is 1. The van der Waals surface area contributed by atoms with E-state index < -0.39 is 17.3 Å². The molecule has 2 bridgehead atoms. The summed E-state index contributed by atoms with van der Waals surface area (Å²) < 4.78 is 18.3. The molecule has 3 saturated carbocycles. The summed E-state index contributed by atoms with van der Waals surface area (Å²) >= 11 is 0. The molecule has 1 N–H and O–H groups in total. The van der Waals surface area contributed by atoms with Gasteiger partial charge in [0, 0.05) is 23.3 Å². The number of aliphatic hydroxyl groups is 1. The van der Waals surface area contributed by atoms with Gasteiger partial charge in [-0.3, -0.25) is 0 Å². The molecule has 140 valence electrons. The smallest absolute Gasteiger partial charge is 0.334 e. The van der Waals surface area contributed by atoms with E-state index in [9.17, 15) is 9.90 Å². The van der Waals surface area contributed by atoms with Gasteiger partial charge in [-0.05, 0) is 42.1 Å². The summed E-state index contributed by atoms with van der Waals surface area (Å²) in [5.41, 5.74) is 1.36. The monoisotopic (exact) mass is 358 g/mol. The maximum absolute atomic E-state index is 12.1. The highest BCUT2D eigenvalue weighted by atomic mass is 16.6. The molecule has 5 heteroatoms. The van der Waals surface area contributed by atoms with Crippen LogP contribution in [0.25, 0.3) is 0 Å². The summed E-state index contributed by atoms with van der Waals surface area (Å²) in [6.07, 6.45) is 3.57. The fourth-order valence-electron chi connectivity index (χ4n) is 8.73. The van der Waals surface area contributed by atoms with Crippen molar-refractivity contribution in [1.29, 1.82) is 0 Å². The normalized spacial score (nSPS) is 63.1. The topological polar surface area (TPSA) is 68.3 Å². The molecule has 0 radical (unpaired) electrons. The number of rotatable bonds is 1. The molecule has 3 saturated heterocycles. The maximum Gasteiger partial charge on any atom is 0.334 e. The first-order valence-corrected chi connectivity index (χ1v) is 10.3. The molecule has 1 unspecified atom stereocenters. The predicted molar refractivity (Wildman–Crippen MR) is 90.0 cm³/mol. The number of epoxide rings is 1. The molecule has 0 aromatic rings. The van der Waals surface area contributed by atoms with Crippen LogP contribution in [-0.2, 0) is 19.0 Å². The Labute approximate surface area is 153 Å². The van der Waals surface area contributed by atoms with E-state index in [0.717, 1.165) is 31.3 Å². The Bertz CT molecular complexity index is 809. The molecule has 0 amide bonds. The molecule has 4 heterocycles. The second-order valence-corrected chi connectivity index (χ2v) is 10.5. The second-order valence-electron chi connectivity index (χ2n) is 10.5. The summed E-state index contributed by atoms with van der Waals surface area (Å²) in [7, 11) is 0. The largest absolute Gasteiger partial charge is 0.458 e. The van der Waals surface area contributed by atoms with Crippen molar-refractivity contribution in [3.05, 3.63) is 11.1 Å². The first-order valence-electron chi connectivity index (χ1n) is 10.3. The minimum atomic E-state index is -0.537. The van der Waals surface area contributed by atoms with Gasteiger partial charge < -0.3 is 19.3 Å². The van der Waals surface area contributed by atoms with Crippen molar-refractivity contribution in [2.45, 2.75) is 76.0 Å². The Kier molecular flexibility index (Phi) is 2.21. The fourth-order valence-corrected chi connectivity index (χ4v) is 8.73. The molecule has 4 aliphatic carbocycles. The van der Waals surface area contributed by atoms with Gasteiger partial charge in [0.25, 0.3) is 0 Å². The van der Waals surface area contributed by atoms with Gasteiger partial charge in [0.1, 0.15) is 23.9 Å². The SMILES string of the molecule is CC(C)[C@]12O[C@H]1[C@@H]1C[C@@]13[C@@]1(C)CCC4=C(COC4=O)[C@@H]1C1C[C@@]3(O1)[C@@H]2O. The zero-order valence-corrected chi connectivity index (χ0v) is 15.6. The summed E-state index contributed by atoms with van der Waals surface area (Å²) in [6, 6.07) is 0. The second kappa shape index (κ2) is 3.81. The Morgan fingerprint density at radius 2 is 2.00 bits per heavy atom. The van der Waals surface area contributed by atoms with Crippen LogP contribution in [0.3, 0.4) is 0 Å². The highest BCUT2D eigenvalue weighted by Gasteiger charge is 2.95. The van der Waals surface area contributed by atoms with Crippen LogP contribution in [0.1, 0.15) is 46.5 Å². The van der Waals surface area contributed by atoms with Gasteiger partial charge in [0.15, 0.2) is 0 Å². The van der Waals surface area contributed by atoms with E-state index in [4.69, 9.17) is 14.2 Å². The van der Waals surface area contributed by atoms with Crippen LogP contribution in [-0.4, -0.2) is 47.2 Å². The zero-order valence-electron chi connectivity index (χ0n) is 15.6. The lowest BCUT2D eigenvalue weighted by Gasteiger charge is -2.72. The third kappa shape index (κ3) is 1.12. The number of hydrogen-bond donors (Lipinski definition) is 1. The molecule has 0 aromatic heterocycles. The van der Waals surface area contributed by atoms with E-state index in [0.29, 0.717) is 18.4 Å². The number of carbonyl (C=O) groups excluding carboxylic acids is 1. The van der Waals surface area contributed by atoms with Crippen molar-refractivity contribution in [2.75, 3.05) is 6.61 Å². The van der Waals surface area contributed by atoms with Crippen LogP contribution in [0.15, 0.2) is 11.1 Å².